The minimum atomic E-state index is -0.457. The number of hydrogen-bond acceptors (Lipinski definition) is 4. The second kappa shape index (κ2) is 6.89. The molecule has 0 spiro atoms. The zero-order valence-electron chi connectivity index (χ0n) is 13.1. The third kappa shape index (κ3) is 2.91. The molecular formula is C20H14O4Pd. The molecule has 0 heterocycles. The van der Waals surface area contributed by atoms with E-state index < -0.39 is 11.6 Å². The SMILES string of the molecule is O=C1C(=O)c2ccc(Oc3ccc(CCO)cc3)c3cccc1c23.[Pd]. The van der Waals surface area contributed by atoms with Crippen molar-refractivity contribution in [1.29, 1.82) is 0 Å². The van der Waals surface area contributed by atoms with E-state index in [0.29, 0.717) is 34.4 Å². The molecule has 0 fully saturated rings. The minimum Gasteiger partial charge on any atom is -0.457 e. The average molecular weight is 425 g/mol. The molecule has 0 amide bonds. The van der Waals surface area contributed by atoms with E-state index in [0.717, 1.165) is 10.9 Å². The second-order valence-electron chi connectivity index (χ2n) is 5.72. The summed E-state index contributed by atoms with van der Waals surface area (Å²) in [4.78, 5) is 24.1. The Morgan fingerprint density at radius 1 is 0.840 bits per heavy atom. The van der Waals surface area contributed by atoms with Gasteiger partial charge in [0.2, 0.25) is 11.6 Å². The number of aliphatic hydroxyl groups is 1. The third-order valence-electron chi connectivity index (χ3n) is 4.25. The van der Waals surface area contributed by atoms with E-state index >= 15 is 0 Å². The van der Waals surface area contributed by atoms with E-state index in [9.17, 15) is 9.59 Å². The number of benzene rings is 3. The summed E-state index contributed by atoms with van der Waals surface area (Å²) in [7, 11) is 0. The van der Waals surface area contributed by atoms with Gasteiger partial charge in [0.25, 0.3) is 0 Å². The van der Waals surface area contributed by atoms with Crippen molar-refractivity contribution in [2.75, 3.05) is 6.61 Å². The summed E-state index contributed by atoms with van der Waals surface area (Å²) in [6.45, 7) is 0.108. The molecule has 1 N–H and O–H groups in total. The van der Waals surface area contributed by atoms with Crippen molar-refractivity contribution in [3.63, 3.8) is 0 Å². The van der Waals surface area contributed by atoms with Gasteiger partial charge < -0.3 is 9.84 Å². The van der Waals surface area contributed by atoms with E-state index in [2.05, 4.69) is 0 Å². The molecule has 4 nitrogen and oxygen atoms in total. The Kier molecular flexibility index (Phi) is 4.83. The minimum absolute atomic E-state index is 0. The molecular weight excluding hydrogens is 411 g/mol. The number of hydrogen-bond donors (Lipinski definition) is 1. The standard InChI is InChI=1S/C20H14O4.Pd/c21-11-10-12-4-6-13(7-5-12)24-17-9-8-16-18-14(17)2-1-3-15(18)19(22)20(16)23;/h1-9,21H,10-11H2;. The van der Waals surface area contributed by atoms with Crippen LogP contribution in [0.2, 0.25) is 0 Å². The van der Waals surface area contributed by atoms with Gasteiger partial charge in [-0.05, 0) is 36.2 Å². The van der Waals surface area contributed by atoms with Crippen LogP contribution in [0.15, 0.2) is 54.6 Å². The van der Waals surface area contributed by atoms with Gasteiger partial charge in [-0.3, -0.25) is 9.59 Å². The molecule has 0 bridgehead atoms. The molecule has 1 aliphatic rings. The summed E-state index contributed by atoms with van der Waals surface area (Å²) in [6.07, 6.45) is 0.603. The molecule has 1 aliphatic carbocycles. The Bertz CT molecular complexity index is 957. The zero-order valence-corrected chi connectivity index (χ0v) is 14.7. The van der Waals surface area contributed by atoms with Crippen molar-refractivity contribution in [3.8, 4) is 11.5 Å². The summed E-state index contributed by atoms with van der Waals surface area (Å²) < 4.78 is 5.95. The monoisotopic (exact) mass is 424 g/mol. The van der Waals surface area contributed by atoms with Crippen molar-refractivity contribution < 1.29 is 39.9 Å². The van der Waals surface area contributed by atoms with Crippen LogP contribution in [0.5, 0.6) is 11.5 Å². The fourth-order valence-electron chi connectivity index (χ4n) is 3.07. The van der Waals surface area contributed by atoms with Gasteiger partial charge in [0.1, 0.15) is 11.5 Å². The smallest absolute Gasteiger partial charge is 0.234 e. The Labute approximate surface area is 158 Å². The van der Waals surface area contributed by atoms with Crippen LogP contribution < -0.4 is 4.74 Å². The molecule has 25 heavy (non-hydrogen) atoms. The Balaban J connectivity index is 0.00000182. The van der Waals surface area contributed by atoms with Gasteiger partial charge in [-0.25, -0.2) is 0 Å². The van der Waals surface area contributed by atoms with E-state index in [1.165, 1.54) is 0 Å². The maximum Gasteiger partial charge on any atom is 0.234 e. The van der Waals surface area contributed by atoms with Crippen molar-refractivity contribution in [3.05, 3.63) is 71.3 Å². The van der Waals surface area contributed by atoms with Gasteiger partial charge in [-0.15, -0.1) is 0 Å². The molecule has 0 saturated carbocycles. The Hall–Kier alpha value is -2.32. The molecule has 3 aromatic carbocycles. The first-order chi connectivity index (χ1) is 11.7. The summed E-state index contributed by atoms with van der Waals surface area (Å²) in [5.41, 5.74) is 1.91. The van der Waals surface area contributed by atoms with Gasteiger partial charge >= 0.3 is 0 Å². The summed E-state index contributed by atoms with van der Waals surface area (Å²) in [5.74, 6) is 0.350. The zero-order chi connectivity index (χ0) is 16.7. The van der Waals surface area contributed by atoms with Crippen LogP contribution in [0.4, 0.5) is 0 Å². The molecule has 0 atom stereocenters. The quantitative estimate of drug-likeness (QED) is 0.514. The third-order valence-corrected chi connectivity index (χ3v) is 4.25. The predicted molar refractivity (Wildman–Crippen MR) is 89.9 cm³/mol. The molecule has 128 valence electrons. The molecule has 0 saturated heterocycles. The molecule has 5 heteroatoms. The summed E-state index contributed by atoms with van der Waals surface area (Å²) in [5, 5.41) is 10.4. The largest absolute Gasteiger partial charge is 0.457 e. The molecule has 0 radical (unpaired) electrons. The number of carbonyl (C=O) groups excluding carboxylic acids is 2. The van der Waals surface area contributed by atoms with Gasteiger partial charge in [-0.1, -0.05) is 30.3 Å². The van der Waals surface area contributed by atoms with Gasteiger partial charge in [0.15, 0.2) is 0 Å². The number of ketones is 2. The maximum absolute atomic E-state index is 12.0. The number of ether oxygens (including phenoxy) is 1. The second-order valence-corrected chi connectivity index (χ2v) is 5.72. The van der Waals surface area contributed by atoms with E-state index in [1.807, 2.05) is 30.3 Å². The first-order valence-corrected chi connectivity index (χ1v) is 7.71. The van der Waals surface area contributed by atoms with Crippen LogP contribution in [0.1, 0.15) is 26.3 Å². The van der Waals surface area contributed by atoms with Crippen LogP contribution in [-0.2, 0) is 26.8 Å². The molecule has 0 unspecified atom stereocenters. The molecule has 0 aromatic heterocycles. The van der Waals surface area contributed by atoms with E-state index in [1.54, 1.807) is 24.3 Å². The fraction of sp³-hybridized carbons (Fsp3) is 0.100. The van der Waals surface area contributed by atoms with Crippen molar-refractivity contribution in [1.82, 2.24) is 0 Å². The van der Waals surface area contributed by atoms with Crippen molar-refractivity contribution in [2.45, 2.75) is 6.42 Å². The first kappa shape index (κ1) is 17.5. The van der Waals surface area contributed by atoms with Crippen LogP contribution in [0.3, 0.4) is 0 Å². The van der Waals surface area contributed by atoms with Crippen LogP contribution in [-0.4, -0.2) is 23.3 Å². The Morgan fingerprint density at radius 2 is 1.52 bits per heavy atom. The fourth-order valence-corrected chi connectivity index (χ4v) is 3.07. The number of rotatable bonds is 4. The topological polar surface area (TPSA) is 63.6 Å². The average Bonchev–Trinajstić information content (AvgIpc) is 2.86. The van der Waals surface area contributed by atoms with Gasteiger partial charge in [0, 0.05) is 48.9 Å². The number of carbonyl (C=O) groups is 2. The summed E-state index contributed by atoms with van der Waals surface area (Å²) >= 11 is 0. The number of Topliss-reactive ketones (excluding diaryl/α,β-unsaturated/α-hetero) is 2. The number of aliphatic hydroxyl groups excluding tert-OH is 1. The van der Waals surface area contributed by atoms with Gasteiger partial charge in [0.05, 0.1) is 0 Å². The first-order valence-electron chi connectivity index (χ1n) is 7.71. The predicted octanol–water partition coefficient (Wildman–Crippen LogP) is 3.54. The van der Waals surface area contributed by atoms with Crippen molar-refractivity contribution in [2.24, 2.45) is 0 Å². The molecule has 4 rings (SSSR count). The molecule has 3 aromatic rings. The van der Waals surface area contributed by atoms with Crippen LogP contribution in [0.25, 0.3) is 10.8 Å². The van der Waals surface area contributed by atoms with E-state index in [-0.39, 0.29) is 27.0 Å². The summed E-state index contributed by atoms with van der Waals surface area (Å²) in [6, 6.07) is 16.1. The van der Waals surface area contributed by atoms with Crippen LogP contribution in [0, 0.1) is 0 Å². The normalized spacial score (nSPS) is 12.4. The molecule has 0 aliphatic heterocycles. The van der Waals surface area contributed by atoms with Gasteiger partial charge in [-0.2, -0.15) is 0 Å². The maximum atomic E-state index is 12.0. The van der Waals surface area contributed by atoms with Crippen LogP contribution >= 0.6 is 0 Å². The van der Waals surface area contributed by atoms with E-state index in [4.69, 9.17) is 9.84 Å². The van der Waals surface area contributed by atoms with Crippen molar-refractivity contribution >= 4 is 22.3 Å². The Morgan fingerprint density at radius 3 is 2.20 bits per heavy atom.